The number of ether oxygens (including phenoxy) is 1. The highest BCUT2D eigenvalue weighted by Crippen LogP contribution is 2.28. The summed E-state index contributed by atoms with van der Waals surface area (Å²) in [5.74, 6) is 0.838. The van der Waals surface area contributed by atoms with Crippen LogP contribution in [0.3, 0.4) is 0 Å². The van der Waals surface area contributed by atoms with Crippen molar-refractivity contribution in [3.05, 3.63) is 34.9 Å². The van der Waals surface area contributed by atoms with Crippen LogP contribution in [-0.4, -0.2) is 16.9 Å². The van der Waals surface area contributed by atoms with Gasteiger partial charge in [-0.05, 0) is 28.1 Å². The van der Waals surface area contributed by atoms with Gasteiger partial charge in [-0.2, -0.15) is 5.10 Å². The average Bonchev–Trinajstić information content (AvgIpc) is 2.58. The smallest absolute Gasteiger partial charge is 0.119 e. The third-order valence-corrected chi connectivity index (χ3v) is 2.71. The molecule has 1 aromatic carbocycles. The molecule has 15 heavy (non-hydrogen) atoms. The Morgan fingerprint density at radius 1 is 1.40 bits per heavy atom. The molecule has 0 saturated heterocycles. The molecule has 0 bridgehead atoms. The van der Waals surface area contributed by atoms with Gasteiger partial charge in [0.05, 0.1) is 11.6 Å². The minimum Gasteiger partial charge on any atom is -0.497 e. The molecule has 0 saturated carbocycles. The molecular weight excluding hydrogens is 256 g/mol. The normalized spacial score (nSPS) is 10.3. The van der Waals surface area contributed by atoms with Crippen LogP contribution < -0.4 is 4.74 Å². The Balaban J connectivity index is 2.49. The van der Waals surface area contributed by atoms with E-state index in [1.54, 1.807) is 11.8 Å². The van der Waals surface area contributed by atoms with Gasteiger partial charge in [-0.1, -0.05) is 12.1 Å². The molecule has 1 aromatic heterocycles. The van der Waals surface area contributed by atoms with E-state index in [0.717, 1.165) is 21.5 Å². The molecule has 0 N–H and O–H groups in total. The topological polar surface area (TPSA) is 27.1 Å². The summed E-state index contributed by atoms with van der Waals surface area (Å²) < 4.78 is 7.93. The summed E-state index contributed by atoms with van der Waals surface area (Å²) in [6.45, 7) is 0. The maximum atomic E-state index is 5.17. The van der Waals surface area contributed by atoms with Crippen LogP contribution >= 0.6 is 15.9 Å². The summed E-state index contributed by atoms with van der Waals surface area (Å²) in [5, 5.41) is 4.37. The first kappa shape index (κ1) is 10.2. The fourth-order valence-corrected chi connectivity index (χ4v) is 2.03. The predicted octanol–water partition coefficient (Wildman–Crippen LogP) is 2.86. The number of rotatable bonds is 2. The summed E-state index contributed by atoms with van der Waals surface area (Å²) in [5.41, 5.74) is 1.97. The Kier molecular flexibility index (Phi) is 2.77. The SMILES string of the molecule is COc1cccc(-c2nn(C)cc2Br)c1. The lowest BCUT2D eigenvalue weighted by molar-refractivity contribution is 0.415. The summed E-state index contributed by atoms with van der Waals surface area (Å²) in [6, 6.07) is 7.85. The second kappa shape index (κ2) is 4.06. The number of aryl methyl sites for hydroxylation is 1. The standard InChI is InChI=1S/C11H11BrN2O/c1-14-7-10(12)11(13-14)8-4-3-5-9(6-8)15-2/h3-7H,1-2H3. The molecule has 0 fully saturated rings. The van der Waals surface area contributed by atoms with Crippen molar-refractivity contribution in [2.24, 2.45) is 7.05 Å². The minimum atomic E-state index is 0.838. The van der Waals surface area contributed by atoms with Gasteiger partial charge in [0.1, 0.15) is 11.4 Å². The van der Waals surface area contributed by atoms with Crippen LogP contribution in [0.4, 0.5) is 0 Å². The van der Waals surface area contributed by atoms with E-state index in [1.165, 1.54) is 0 Å². The van der Waals surface area contributed by atoms with Gasteiger partial charge in [0.15, 0.2) is 0 Å². The second-order valence-electron chi connectivity index (χ2n) is 3.23. The molecule has 0 amide bonds. The van der Waals surface area contributed by atoms with Gasteiger partial charge in [-0.3, -0.25) is 4.68 Å². The zero-order valence-corrected chi connectivity index (χ0v) is 10.2. The number of hydrogen-bond donors (Lipinski definition) is 0. The first-order chi connectivity index (χ1) is 7.20. The fraction of sp³-hybridized carbons (Fsp3) is 0.182. The van der Waals surface area contributed by atoms with Crippen LogP contribution in [0.5, 0.6) is 5.75 Å². The van der Waals surface area contributed by atoms with Crippen molar-refractivity contribution < 1.29 is 4.74 Å². The quantitative estimate of drug-likeness (QED) is 0.836. The zero-order valence-electron chi connectivity index (χ0n) is 8.57. The first-order valence-electron chi connectivity index (χ1n) is 4.54. The highest BCUT2D eigenvalue weighted by Gasteiger charge is 2.07. The molecule has 1 heterocycles. The van der Waals surface area contributed by atoms with Crippen LogP contribution in [0, 0.1) is 0 Å². The highest BCUT2D eigenvalue weighted by molar-refractivity contribution is 9.10. The number of benzene rings is 1. The van der Waals surface area contributed by atoms with E-state index in [0.29, 0.717) is 0 Å². The lowest BCUT2D eigenvalue weighted by atomic mass is 10.1. The number of aromatic nitrogens is 2. The van der Waals surface area contributed by atoms with Gasteiger partial charge in [-0.15, -0.1) is 0 Å². The first-order valence-corrected chi connectivity index (χ1v) is 5.33. The third-order valence-electron chi connectivity index (χ3n) is 2.13. The molecular formula is C11H11BrN2O. The van der Waals surface area contributed by atoms with Crippen LogP contribution in [0.15, 0.2) is 34.9 Å². The van der Waals surface area contributed by atoms with Crippen molar-refractivity contribution in [2.45, 2.75) is 0 Å². The van der Waals surface area contributed by atoms with Crippen molar-refractivity contribution >= 4 is 15.9 Å². The van der Waals surface area contributed by atoms with Crippen molar-refractivity contribution in [2.75, 3.05) is 7.11 Å². The molecule has 0 atom stereocenters. The van der Waals surface area contributed by atoms with E-state index < -0.39 is 0 Å². The number of methoxy groups -OCH3 is 1. The van der Waals surface area contributed by atoms with E-state index in [4.69, 9.17) is 4.74 Å². The second-order valence-corrected chi connectivity index (χ2v) is 4.09. The maximum absolute atomic E-state index is 5.17. The molecule has 0 aliphatic carbocycles. The third kappa shape index (κ3) is 2.04. The number of hydrogen-bond acceptors (Lipinski definition) is 2. The van der Waals surface area contributed by atoms with Gasteiger partial charge < -0.3 is 4.74 Å². The molecule has 0 unspecified atom stereocenters. The maximum Gasteiger partial charge on any atom is 0.119 e. The van der Waals surface area contributed by atoms with Crippen LogP contribution in [0.1, 0.15) is 0 Å². The molecule has 0 aliphatic heterocycles. The molecule has 0 spiro atoms. The minimum absolute atomic E-state index is 0.838. The molecule has 2 rings (SSSR count). The Morgan fingerprint density at radius 3 is 2.80 bits per heavy atom. The van der Waals surface area contributed by atoms with Crippen LogP contribution in [0.25, 0.3) is 11.3 Å². The lowest BCUT2D eigenvalue weighted by Gasteiger charge is -2.02. The molecule has 0 aliphatic rings. The monoisotopic (exact) mass is 266 g/mol. The van der Waals surface area contributed by atoms with Gasteiger partial charge in [0.2, 0.25) is 0 Å². The molecule has 4 heteroatoms. The molecule has 0 radical (unpaired) electrons. The van der Waals surface area contributed by atoms with Gasteiger partial charge in [0.25, 0.3) is 0 Å². The largest absolute Gasteiger partial charge is 0.497 e. The summed E-state index contributed by atoms with van der Waals surface area (Å²) in [7, 11) is 3.56. The predicted molar refractivity (Wildman–Crippen MR) is 62.9 cm³/mol. The van der Waals surface area contributed by atoms with E-state index in [-0.39, 0.29) is 0 Å². The summed E-state index contributed by atoms with van der Waals surface area (Å²) in [4.78, 5) is 0. The molecule has 78 valence electrons. The van der Waals surface area contributed by atoms with Gasteiger partial charge in [-0.25, -0.2) is 0 Å². The Labute approximate surface area is 96.8 Å². The Bertz CT molecular complexity index is 479. The Morgan fingerprint density at radius 2 is 2.20 bits per heavy atom. The van der Waals surface area contributed by atoms with Crippen molar-refractivity contribution in [3.8, 4) is 17.0 Å². The Hall–Kier alpha value is -1.29. The van der Waals surface area contributed by atoms with Gasteiger partial charge >= 0.3 is 0 Å². The average molecular weight is 267 g/mol. The summed E-state index contributed by atoms with van der Waals surface area (Å²) in [6.07, 6.45) is 1.93. The van der Waals surface area contributed by atoms with Crippen molar-refractivity contribution in [3.63, 3.8) is 0 Å². The van der Waals surface area contributed by atoms with E-state index >= 15 is 0 Å². The van der Waals surface area contributed by atoms with E-state index in [9.17, 15) is 0 Å². The number of nitrogens with zero attached hydrogens (tertiary/aromatic N) is 2. The van der Waals surface area contributed by atoms with Crippen molar-refractivity contribution in [1.82, 2.24) is 9.78 Å². The molecule has 2 aromatic rings. The van der Waals surface area contributed by atoms with Crippen LogP contribution in [0.2, 0.25) is 0 Å². The van der Waals surface area contributed by atoms with E-state index in [2.05, 4.69) is 21.0 Å². The number of halogens is 1. The molecule has 3 nitrogen and oxygen atoms in total. The van der Waals surface area contributed by atoms with Gasteiger partial charge in [0, 0.05) is 18.8 Å². The summed E-state index contributed by atoms with van der Waals surface area (Å²) >= 11 is 3.48. The van der Waals surface area contributed by atoms with E-state index in [1.807, 2.05) is 37.5 Å². The lowest BCUT2D eigenvalue weighted by Crippen LogP contribution is -1.88. The van der Waals surface area contributed by atoms with Crippen molar-refractivity contribution in [1.29, 1.82) is 0 Å². The fourth-order valence-electron chi connectivity index (χ4n) is 1.43. The highest BCUT2D eigenvalue weighted by atomic mass is 79.9. The van der Waals surface area contributed by atoms with Crippen LogP contribution in [-0.2, 0) is 7.05 Å². The zero-order chi connectivity index (χ0) is 10.8.